The number of nitrogens with zero attached hydrogens (tertiary/aromatic N) is 5. The third-order valence-corrected chi connectivity index (χ3v) is 6.52. The number of rotatable bonds is 3. The van der Waals surface area contributed by atoms with E-state index in [9.17, 15) is 22.8 Å². The summed E-state index contributed by atoms with van der Waals surface area (Å²) in [6.45, 7) is 5.09. The summed E-state index contributed by atoms with van der Waals surface area (Å²) in [4.78, 5) is 29.7. The van der Waals surface area contributed by atoms with Crippen molar-refractivity contribution in [3.05, 3.63) is 47.8 Å². The van der Waals surface area contributed by atoms with E-state index in [0.29, 0.717) is 25.3 Å². The molecular weight excluding hydrogens is 423 g/mol. The first-order valence-corrected chi connectivity index (χ1v) is 10.5. The molecule has 4 rings (SSSR count). The van der Waals surface area contributed by atoms with Crippen molar-refractivity contribution in [1.29, 1.82) is 0 Å². The lowest BCUT2D eigenvalue weighted by Gasteiger charge is -2.54. The zero-order chi connectivity index (χ0) is 23.1. The van der Waals surface area contributed by atoms with E-state index in [2.05, 4.69) is 10.00 Å². The summed E-state index contributed by atoms with van der Waals surface area (Å²) in [6, 6.07) is 5.13. The highest BCUT2D eigenvalue weighted by molar-refractivity contribution is 5.91. The first kappa shape index (κ1) is 22.3. The summed E-state index contributed by atoms with van der Waals surface area (Å²) in [7, 11) is 1.63. The van der Waals surface area contributed by atoms with Crippen LogP contribution in [0.25, 0.3) is 0 Å². The smallest absolute Gasteiger partial charge is 0.323 e. The molecular formula is C22H26F3N5O2. The molecule has 2 amide bonds. The fourth-order valence-corrected chi connectivity index (χ4v) is 4.48. The van der Waals surface area contributed by atoms with Crippen LogP contribution in [-0.2, 0) is 17.5 Å². The lowest BCUT2D eigenvalue weighted by Crippen LogP contribution is -2.60. The second kappa shape index (κ2) is 8.23. The normalized spacial score (nSPS) is 18.5. The zero-order valence-electron chi connectivity index (χ0n) is 18.1. The Morgan fingerprint density at radius 3 is 2.31 bits per heavy atom. The summed E-state index contributed by atoms with van der Waals surface area (Å²) in [5.41, 5.74) is 0.964. The monoisotopic (exact) mass is 449 g/mol. The van der Waals surface area contributed by atoms with Gasteiger partial charge in [0, 0.05) is 46.7 Å². The number of benzene rings is 1. The molecule has 10 heteroatoms. The molecule has 172 valence electrons. The maximum atomic E-state index is 12.8. The first-order chi connectivity index (χ1) is 15.1. The predicted molar refractivity (Wildman–Crippen MR) is 112 cm³/mol. The molecule has 2 fully saturated rings. The SMILES string of the molecule is CC(=O)N(C)c1cnn(C(=O)N2CCC3(CC2)CN(Cc2ccc(C(F)(F)F)cc2)C3)c1. The van der Waals surface area contributed by atoms with E-state index in [1.54, 1.807) is 18.1 Å². The minimum atomic E-state index is -4.31. The molecule has 0 aliphatic carbocycles. The fourth-order valence-electron chi connectivity index (χ4n) is 4.48. The molecule has 2 aromatic rings. The van der Waals surface area contributed by atoms with Crippen LogP contribution in [0.4, 0.5) is 23.7 Å². The molecule has 2 saturated heterocycles. The van der Waals surface area contributed by atoms with Gasteiger partial charge in [-0.25, -0.2) is 4.79 Å². The topological polar surface area (TPSA) is 61.7 Å². The van der Waals surface area contributed by atoms with E-state index >= 15 is 0 Å². The van der Waals surface area contributed by atoms with E-state index in [-0.39, 0.29) is 17.4 Å². The molecule has 1 aromatic heterocycles. The molecule has 0 bridgehead atoms. The number of piperidine rings is 1. The van der Waals surface area contributed by atoms with Crippen LogP contribution in [0.5, 0.6) is 0 Å². The highest BCUT2D eigenvalue weighted by Gasteiger charge is 2.45. The lowest BCUT2D eigenvalue weighted by atomic mass is 9.72. The van der Waals surface area contributed by atoms with Crippen LogP contribution in [0.1, 0.15) is 30.9 Å². The molecule has 1 aromatic carbocycles. The quantitative estimate of drug-likeness (QED) is 0.720. The number of alkyl halides is 3. The van der Waals surface area contributed by atoms with Crippen molar-refractivity contribution < 1.29 is 22.8 Å². The maximum Gasteiger partial charge on any atom is 0.416 e. The second-order valence-corrected chi connectivity index (χ2v) is 8.83. The van der Waals surface area contributed by atoms with Gasteiger partial charge in [-0.05, 0) is 36.0 Å². The van der Waals surface area contributed by atoms with E-state index in [0.717, 1.165) is 43.6 Å². The number of aromatic nitrogens is 2. The largest absolute Gasteiger partial charge is 0.416 e. The van der Waals surface area contributed by atoms with Gasteiger partial charge < -0.3 is 9.80 Å². The molecule has 0 saturated carbocycles. The van der Waals surface area contributed by atoms with Gasteiger partial charge >= 0.3 is 12.2 Å². The van der Waals surface area contributed by atoms with Gasteiger partial charge in [-0.2, -0.15) is 23.0 Å². The Morgan fingerprint density at radius 1 is 1.12 bits per heavy atom. The number of anilines is 1. The van der Waals surface area contributed by atoms with Crippen molar-refractivity contribution in [2.45, 2.75) is 32.5 Å². The molecule has 0 N–H and O–H groups in total. The van der Waals surface area contributed by atoms with Gasteiger partial charge in [-0.1, -0.05) is 12.1 Å². The average Bonchev–Trinajstić information content (AvgIpc) is 3.22. The molecule has 0 atom stereocenters. The number of hydrogen-bond acceptors (Lipinski definition) is 4. The Labute approximate surface area is 184 Å². The van der Waals surface area contributed by atoms with Gasteiger partial charge in [0.1, 0.15) is 0 Å². The standard InChI is InChI=1S/C22H26F3N5O2/c1-16(31)27(2)19-11-26-30(13-19)20(32)29-9-7-21(8-10-29)14-28(15-21)12-17-3-5-18(6-4-17)22(23,24)25/h3-6,11,13H,7-10,12,14-15H2,1-2H3. The molecule has 3 heterocycles. The van der Waals surface area contributed by atoms with E-state index < -0.39 is 11.7 Å². The van der Waals surface area contributed by atoms with Gasteiger partial charge in [0.25, 0.3) is 0 Å². The van der Waals surface area contributed by atoms with Gasteiger partial charge in [0.15, 0.2) is 0 Å². The molecule has 7 nitrogen and oxygen atoms in total. The van der Waals surface area contributed by atoms with E-state index in [1.807, 2.05) is 0 Å². The van der Waals surface area contributed by atoms with Gasteiger partial charge in [-0.15, -0.1) is 0 Å². The van der Waals surface area contributed by atoms with Crippen molar-refractivity contribution in [3.8, 4) is 0 Å². The molecule has 0 radical (unpaired) electrons. The van der Waals surface area contributed by atoms with Gasteiger partial charge in [-0.3, -0.25) is 9.69 Å². The fraction of sp³-hybridized carbons (Fsp3) is 0.500. The molecule has 1 spiro atoms. The summed E-state index contributed by atoms with van der Waals surface area (Å²) in [5.74, 6) is -0.136. The molecule has 2 aliphatic heterocycles. The molecule has 32 heavy (non-hydrogen) atoms. The Bertz CT molecular complexity index is 986. The summed E-state index contributed by atoms with van der Waals surface area (Å²) >= 11 is 0. The minimum Gasteiger partial charge on any atom is -0.323 e. The van der Waals surface area contributed by atoms with Crippen LogP contribution < -0.4 is 4.90 Å². The van der Waals surface area contributed by atoms with Crippen LogP contribution in [0.15, 0.2) is 36.7 Å². The number of hydrogen-bond donors (Lipinski definition) is 0. The Morgan fingerprint density at radius 2 is 1.75 bits per heavy atom. The highest BCUT2D eigenvalue weighted by atomic mass is 19.4. The summed E-state index contributed by atoms with van der Waals surface area (Å²) in [6.07, 6.45) is 0.498. The third kappa shape index (κ3) is 4.50. The van der Waals surface area contributed by atoms with Crippen molar-refractivity contribution in [3.63, 3.8) is 0 Å². The first-order valence-electron chi connectivity index (χ1n) is 10.5. The van der Waals surface area contributed by atoms with E-state index in [1.165, 1.54) is 34.8 Å². The minimum absolute atomic E-state index is 0.136. The zero-order valence-corrected chi connectivity index (χ0v) is 18.1. The van der Waals surface area contributed by atoms with Gasteiger partial charge in [0.05, 0.1) is 23.6 Å². The van der Waals surface area contributed by atoms with Crippen molar-refractivity contribution in [2.75, 3.05) is 38.1 Å². The van der Waals surface area contributed by atoms with Crippen LogP contribution >= 0.6 is 0 Å². The second-order valence-electron chi connectivity index (χ2n) is 8.83. The van der Waals surface area contributed by atoms with E-state index in [4.69, 9.17) is 0 Å². The lowest BCUT2D eigenvalue weighted by molar-refractivity contribution is -0.137. The van der Waals surface area contributed by atoms with Crippen LogP contribution in [0, 0.1) is 5.41 Å². The highest BCUT2D eigenvalue weighted by Crippen LogP contribution is 2.41. The van der Waals surface area contributed by atoms with Crippen molar-refractivity contribution >= 4 is 17.6 Å². The Kier molecular flexibility index (Phi) is 5.74. The Hall–Kier alpha value is -2.88. The molecule has 0 unspecified atom stereocenters. The third-order valence-electron chi connectivity index (χ3n) is 6.52. The average molecular weight is 449 g/mol. The van der Waals surface area contributed by atoms with Gasteiger partial charge in [0.2, 0.25) is 5.91 Å². The van der Waals surface area contributed by atoms with Crippen LogP contribution in [0.2, 0.25) is 0 Å². The predicted octanol–water partition coefficient (Wildman–Crippen LogP) is 3.45. The summed E-state index contributed by atoms with van der Waals surface area (Å²) in [5, 5.41) is 4.10. The molecule has 2 aliphatic rings. The Balaban J connectivity index is 1.27. The number of amides is 2. The van der Waals surface area contributed by atoms with Crippen LogP contribution in [0.3, 0.4) is 0 Å². The number of halogens is 3. The summed E-state index contributed by atoms with van der Waals surface area (Å²) < 4.78 is 39.4. The number of likely N-dealkylation sites (tertiary alicyclic amines) is 2. The van der Waals surface area contributed by atoms with Crippen molar-refractivity contribution in [1.82, 2.24) is 19.6 Å². The van der Waals surface area contributed by atoms with Crippen LogP contribution in [-0.4, -0.2) is 64.7 Å². The maximum absolute atomic E-state index is 12.8. The number of carbonyl (C=O) groups excluding carboxylic acids is 2. The number of carbonyl (C=O) groups is 2. The van der Waals surface area contributed by atoms with Crippen molar-refractivity contribution in [2.24, 2.45) is 5.41 Å².